The maximum atomic E-state index is 14.8. The van der Waals surface area contributed by atoms with E-state index < -0.39 is 40.3 Å². The van der Waals surface area contributed by atoms with Crippen LogP contribution in [0.1, 0.15) is 5.69 Å². The van der Waals surface area contributed by atoms with Crippen LogP contribution >= 0.6 is 11.6 Å². The van der Waals surface area contributed by atoms with Crippen LogP contribution in [0, 0.1) is 36.0 Å². The van der Waals surface area contributed by atoms with E-state index in [1.807, 2.05) is 0 Å². The molecular formula is C20H15ClF5N3O. The van der Waals surface area contributed by atoms with Crippen molar-refractivity contribution in [3.63, 3.8) is 0 Å². The standard InChI is InChI=1S/C20H15ClF5N3O/c1-10-17(18-13(23)8-12(9-14(18)24)30-5-3-4-21)20(29(2)28-10)27-19-15(25)6-11(22)7-16(19)26/h3-4,6-9,27H,5H2,1-2H3/b4-3+. The molecule has 1 N–H and O–H groups in total. The van der Waals surface area contributed by atoms with E-state index in [0.29, 0.717) is 12.1 Å². The van der Waals surface area contributed by atoms with E-state index in [1.165, 1.54) is 30.3 Å². The van der Waals surface area contributed by atoms with Crippen LogP contribution in [0.4, 0.5) is 33.5 Å². The first kappa shape index (κ1) is 21.6. The lowest BCUT2D eigenvalue weighted by Gasteiger charge is -2.14. The zero-order valence-corrected chi connectivity index (χ0v) is 16.5. The van der Waals surface area contributed by atoms with Crippen LogP contribution < -0.4 is 10.1 Å². The van der Waals surface area contributed by atoms with E-state index in [4.69, 9.17) is 16.3 Å². The third-order valence-electron chi connectivity index (χ3n) is 4.17. The molecule has 30 heavy (non-hydrogen) atoms. The van der Waals surface area contributed by atoms with E-state index in [-0.39, 0.29) is 29.4 Å². The average molecular weight is 444 g/mol. The number of hydrogen-bond acceptors (Lipinski definition) is 3. The molecule has 0 unspecified atom stereocenters. The van der Waals surface area contributed by atoms with Gasteiger partial charge in [-0.05, 0) is 13.0 Å². The summed E-state index contributed by atoms with van der Waals surface area (Å²) in [5, 5.41) is 6.50. The fraction of sp³-hybridized carbons (Fsp3) is 0.150. The van der Waals surface area contributed by atoms with Gasteiger partial charge in [0.15, 0.2) is 11.6 Å². The SMILES string of the molecule is Cc1nn(C)c(Nc2c(F)cc(F)cc2F)c1-c1c(F)cc(OC/C=C/Cl)cc1F. The lowest BCUT2D eigenvalue weighted by Crippen LogP contribution is -2.05. The third-order valence-corrected chi connectivity index (χ3v) is 4.35. The Kier molecular flexibility index (Phi) is 6.31. The van der Waals surface area contributed by atoms with Gasteiger partial charge in [-0.25, -0.2) is 22.0 Å². The molecule has 0 spiro atoms. The Hall–Kier alpha value is -3.07. The molecule has 0 saturated carbocycles. The predicted molar refractivity (Wildman–Crippen MR) is 103 cm³/mol. The molecule has 0 amide bonds. The normalized spacial score (nSPS) is 11.3. The van der Waals surface area contributed by atoms with Crippen LogP contribution in [0.25, 0.3) is 11.1 Å². The molecule has 3 aromatic rings. The minimum Gasteiger partial charge on any atom is -0.489 e. The van der Waals surface area contributed by atoms with Gasteiger partial charge in [-0.1, -0.05) is 11.6 Å². The quantitative estimate of drug-likeness (QED) is 0.477. The van der Waals surface area contributed by atoms with Gasteiger partial charge in [-0.3, -0.25) is 4.68 Å². The number of halogens is 6. The molecule has 0 atom stereocenters. The Morgan fingerprint density at radius 1 is 1.00 bits per heavy atom. The zero-order valence-electron chi connectivity index (χ0n) is 15.7. The van der Waals surface area contributed by atoms with Gasteiger partial charge < -0.3 is 10.1 Å². The Morgan fingerprint density at radius 3 is 2.17 bits per heavy atom. The maximum Gasteiger partial charge on any atom is 0.152 e. The lowest BCUT2D eigenvalue weighted by molar-refractivity contribution is 0.358. The van der Waals surface area contributed by atoms with Crippen molar-refractivity contribution in [3.8, 4) is 16.9 Å². The van der Waals surface area contributed by atoms with Crippen LogP contribution in [0.5, 0.6) is 5.75 Å². The first-order valence-corrected chi connectivity index (χ1v) is 8.99. The van der Waals surface area contributed by atoms with E-state index in [1.54, 1.807) is 0 Å². The van der Waals surface area contributed by atoms with Crippen LogP contribution in [0.2, 0.25) is 0 Å². The van der Waals surface area contributed by atoms with E-state index in [0.717, 1.165) is 12.1 Å². The molecule has 1 heterocycles. The molecule has 10 heteroatoms. The highest BCUT2D eigenvalue weighted by atomic mass is 35.5. The largest absolute Gasteiger partial charge is 0.489 e. The molecule has 1 aromatic heterocycles. The molecule has 0 aliphatic heterocycles. The number of hydrogen-bond donors (Lipinski definition) is 1. The Labute approximate surface area is 173 Å². The van der Waals surface area contributed by atoms with Crippen molar-refractivity contribution in [1.82, 2.24) is 9.78 Å². The van der Waals surface area contributed by atoms with Crippen molar-refractivity contribution < 1.29 is 26.7 Å². The molecule has 0 saturated heterocycles. The average Bonchev–Trinajstić information content (AvgIpc) is 2.91. The minimum atomic E-state index is -1.21. The summed E-state index contributed by atoms with van der Waals surface area (Å²) in [7, 11) is 1.42. The number of rotatable bonds is 6. The summed E-state index contributed by atoms with van der Waals surface area (Å²) in [6, 6.07) is 2.90. The minimum absolute atomic E-state index is 0.00354. The van der Waals surface area contributed by atoms with Crippen LogP contribution in [0.3, 0.4) is 0 Å². The Bertz CT molecular complexity index is 1080. The number of aromatic nitrogens is 2. The van der Waals surface area contributed by atoms with Gasteiger partial charge in [-0.15, -0.1) is 0 Å². The Morgan fingerprint density at radius 2 is 1.60 bits per heavy atom. The lowest BCUT2D eigenvalue weighted by atomic mass is 10.0. The van der Waals surface area contributed by atoms with Gasteiger partial charge >= 0.3 is 0 Å². The summed E-state index contributed by atoms with van der Waals surface area (Å²) in [6.07, 6.45) is 1.43. The molecule has 0 bridgehead atoms. The van der Waals surface area contributed by atoms with Crippen molar-refractivity contribution in [2.45, 2.75) is 6.92 Å². The summed E-state index contributed by atoms with van der Waals surface area (Å²) < 4.78 is 77.3. The van der Waals surface area contributed by atoms with Crippen LogP contribution in [0.15, 0.2) is 35.9 Å². The summed E-state index contributed by atoms with van der Waals surface area (Å²) in [5.74, 6) is -5.64. The first-order chi connectivity index (χ1) is 14.2. The van der Waals surface area contributed by atoms with Crippen molar-refractivity contribution in [1.29, 1.82) is 0 Å². The number of benzene rings is 2. The predicted octanol–water partition coefficient (Wildman–Crippen LogP) is 5.97. The molecule has 0 radical (unpaired) electrons. The third kappa shape index (κ3) is 4.25. The number of nitrogens with one attached hydrogen (secondary N) is 1. The fourth-order valence-corrected chi connectivity index (χ4v) is 3.01. The monoisotopic (exact) mass is 443 g/mol. The van der Waals surface area contributed by atoms with Gasteiger partial charge in [0.2, 0.25) is 0 Å². The summed E-state index contributed by atoms with van der Waals surface area (Å²) >= 11 is 5.37. The molecular weight excluding hydrogens is 429 g/mol. The number of anilines is 2. The Balaban J connectivity index is 2.09. The van der Waals surface area contributed by atoms with E-state index in [2.05, 4.69) is 10.4 Å². The van der Waals surface area contributed by atoms with Crippen LogP contribution in [-0.4, -0.2) is 16.4 Å². The van der Waals surface area contributed by atoms with Crippen molar-refractivity contribution >= 4 is 23.1 Å². The summed E-state index contributed by atoms with van der Waals surface area (Å²) in [4.78, 5) is 0. The second-order valence-electron chi connectivity index (χ2n) is 6.24. The smallest absolute Gasteiger partial charge is 0.152 e. The highest BCUT2D eigenvalue weighted by molar-refractivity contribution is 6.25. The van der Waals surface area contributed by atoms with Gasteiger partial charge in [0.1, 0.15) is 41.3 Å². The van der Waals surface area contributed by atoms with Gasteiger partial charge in [0.05, 0.1) is 16.8 Å². The van der Waals surface area contributed by atoms with Crippen molar-refractivity contribution in [3.05, 3.63) is 70.7 Å². The second kappa shape index (κ2) is 8.74. The van der Waals surface area contributed by atoms with Gasteiger partial charge in [0, 0.05) is 36.8 Å². The molecule has 158 valence electrons. The molecule has 4 nitrogen and oxygen atoms in total. The topological polar surface area (TPSA) is 39.1 Å². The molecule has 2 aromatic carbocycles. The number of ether oxygens (including phenoxy) is 1. The summed E-state index contributed by atoms with van der Waals surface area (Å²) in [5.41, 5.74) is 0.189. The number of aryl methyl sites for hydroxylation is 2. The maximum absolute atomic E-state index is 14.8. The summed E-state index contributed by atoms with van der Waals surface area (Å²) in [6.45, 7) is 1.48. The molecule has 0 fully saturated rings. The van der Waals surface area contributed by atoms with E-state index >= 15 is 0 Å². The van der Waals surface area contributed by atoms with Gasteiger partial charge in [0.25, 0.3) is 0 Å². The fourth-order valence-electron chi connectivity index (χ4n) is 2.93. The highest BCUT2D eigenvalue weighted by Crippen LogP contribution is 2.38. The zero-order chi connectivity index (χ0) is 22.0. The highest BCUT2D eigenvalue weighted by Gasteiger charge is 2.25. The van der Waals surface area contributed by atoms with Crippen LogP contribution in [-0.2, 0) is 7.05 Å². The van der Waals surface area contributed by atoms with Gasteiger partial charge in [-0.2, -0.15) is 5.10 Å². The number of nitrogens with zero attached hydrogens (tertiary/aromatic N) is 2. The van der Waals surface area contributed by atoms with Crippen molar-refractivity contribution in [2.24, 2.45) is 7.05 Å². The first-order valence-electron chi connectivity index (χ1n) is 8.55. The second-order valence-corrected chi connectivity index (χ2v) is 6.49. The molecule has 0 aliphatic carbocycles. The molecule has 0 aliphatic rings. The molecule has 3 rings (SSSR count). The van der Waals surface area contributed by atoms with Crippen molar-refractivity contribution in [2.75, 3.05) is 11.9 Å². The van der Waals surface area contributed by atoms with E-state index in [9.17, 15) is 22.0 Å².